The lowest BCUT2D eigenvalue weighted by atomic mass is 10.1. The Morgan fingerprint density at radius 2 is 2.27 bits per heavy atom. The third kappa shape index (κ3) is 2.00. The molecule has 0 N–H and O–H groups in total. The van der Waals surface area contributed by atoms with Gasteiger partial charge in [0.15, 0.2) is 5.58 Å². The summed E-state index contributed by atoms with van der Waals surface area (Å²) in [6.45, 7) is 0. The molecule has 0 aliphatic heterocycles. The van der Waals surface area contributed by atoms with E-state index in [0.29, 0.717) is 5.58 Å². The van der Waals surface area contributed by atoms with Crippen molar-refractivity contribution in [2.45, 2.75) is 12.8 Å². The number of hydrogen-bond donors (Lipinski definition) is 0. The van der Waals surface area contributed by atoms with E-state index in [-0.39, 0.29) is 5.76 Å². The van der Waals surface area contributed by atoms with Gasteiger partial charge in [-0.3, -0.25) is 4.57 Å². The summed E-state index contributed by atoms with van der Waals surface area (Å²) in [4.78, 5) is 11.3. The van der Waals surface area contributed by atoms with Gasteiger partial charge in [0.25, 0.3) is 0 Å². The molecule has 0 saturated heterocycles. The first kappa shape index (κ1) is 10.5. The Morgan fingerprint density at radius 1 is 1.47 bits per heavy atom. The van der Waals surface area contributed by atoms with E-state index in [1.807, 2.05) is 18.2 Å². The highest BCUT2D eigenvalue weighted by Gasteiger charge is 2.05. The molecule has 2 aromatic rings. The molecule has 0 radical (unpaired) electrons. The number of hydrogen-bond acceptors (Lipinski definition) is 2. The van der Waals surface area contributed by atoms with E-state index in [0.717, 1.165) is 23.7 Å². The maximum Gasteiger partial charge on any atom is 0.419 e. The zero-order chi connectivity index (χ0) is 10.8. The van der Waals surface area contributed by atoms with Gasteiger partial charge in [0.1, 0.15) is 0 Å². The molecule has 4 heteroatoms. The summed E-state index contributed by atoms with van der Waals surface area (Å²) in [5.41, 5.74) is 2.73. The summed E-state index contributed by atoms with van der Waals surface area (Å²) in [6.07, 6.45) is 2.09. The molecule has 0 amide bonds. The van der Waals surface area contributed by atoms with Crippen molar-refractivity contribution in [3.05, 3.63) is 34.3 Å². The quantitative estimate of drug-likeness (QED) is 0.803. The van der Waals surface area contributed by atoms with E-state index < -0.39 is 0 Å². The van der Waals surface area contributed by atoms with Crippen LogP contribution in [0.2, 0.25) is 0 Å². The molecule has 0 aliphatic carbocycles. The average Bonchev–Trinajstić information content (AvgIpc) is 2.52. The minimum absolute atomic E-state index is 0.303. The van der Waals surface area contributed by atoms with Crippen molar-refractivity contribution in [2.75, 3.05) is 5.33 Å². The van der Waals surface area contributed by atoms with E-state index in [2.05, 4.69) is 15.9 Å². The van der Waals surface area contributed by atoms with Gasteiger partial charge in [0.05, 0.1) is 5.52 Å². The summed E-state index contributed by atoms with van der Waals surface area (Å²) in [5, 5.41) is 0.990. The standard InChI is InChI=1S/C11H12BrNO2/c1-13-9-5-4-8(3-2-6-12)7-10(9)15-11(13)14/h4-5,7H,2-3,6H2,1H3. The lowest BCUT2D eigenvalue weighted by Gasteiger charge is -1.98. The fourth-order valence-corrected chi connectivity index (χ4v) is 1.89. The van der Waals surface area contributed by atoms with Gasteiger partial charge in [-0.1, -0.05) is 22.0 Å². The van der Waals surface area contributed by atoms with E-state index >= 15 is 0 Å². The molecule has 0 spiro atoms. The lowest BCUT2D eigenvalue weighted by molar-refractivity contribution is 0.528. The second-order valence-electron chi connectivity index (χ2n) is 3.52. The third-order valence-corrected chi connectivity index (χ3v) is 3.02. The molecule has 0 aliphatic rings. The topological polar surface area (TPSA) is 35.1 Å². The van der Waals surface area contributed by atoms with Crippen LogP contribution in [0.1, 0.15) is 12.0 Å². The van der Waals surface area contributed by atoms with E-state index in [1.165, 1.54) is 10.1 Å². The highest BCUT2D eigenvalue weighted by Crippen LogP contribution is 2.15. The number of benzene rings is 1. The van der Waals surface area contributed by atoms with Crippen LogP contribution in [0, 0.1) is 0 Å². The Kier molecular flexibility index (Phi) is 2.95. The smallest absolute Gasteiger partial charge is 0.408 e. The first-order valence-electron chi connectivity index (χ1n) is 4.87. The molecule has 2 rings (SSSR count). The van der Waals surface area contributed by atoms with Crippen LogP contribution in [-0.4, -0.2) is 9.90 Å². The van der Waals surface area contributed by atoms with Crippen LogP contribution >= 0.6 is 15.9 Å². The number of nitrogens with zero attached hydrogens (tertiary/aromatic N) is 1. The third-order valence-electron chi connectivity index (χ3n) is 2.46. The Hall–Kier alpha value is -1.03. The maximum absolute atomic E-state index is 11.3. The van der Waals surface area contributed by atoms with Crippen LogP contribution in [0.5, 0.6) is 0 Å². The zero-order valence-corrected chi connectivity index (χ0v) is 10.1. The SMILES string of the molecule is Cn1c(=O)oc2cc(CCCBr)ccc21. The maximum atomic E-state index is 11.3. The molecular formula is C11H12BrNO2. The zero-order valence-electron chi connectivity index (χ0n) is 8.50. The van der Waals surface area contributed by atoms with Gasteiger partial charge in [-0.05, 0) is 30.5 Å². The molecule has 0 bridgehead atoms. The fraction of sp³-hybridized carbons (Fsp3) is 0.364. The highest BCUT2D eigenvalue weighted by atomic mass is 79.9. The van der Waals surface area contributed by atoms with E-state index in [1.54, 1.807) is 7.05 Å². The first-order chi connectivity index (χ1) is 7.22. The van der Waals surface area contributed by atoms with Crippen molar-refractivity contribution in [3.8, 4) is 0 Å². The van der Waals surface area contributed by atoms with Gasteiger partial charge < -0.3 is 4.42 Å². The predicted molar refractivity (Wildman–Crippen MR) is 63.6 cm³/mol. The number of rotatable bonds is 3. The van der Waals surface area contributed by atoms with E-state index in [9.17, 15) is 4.79 Å². The lowest BCUT2D eigenvalue weighted by Crippen LogP contribution is -2.08. The summed E-state index contributed by atoms with van der Waals surface area (Å²) < 4.78 is 6.63. The highest BCUT2D eigenvalue weighted by molar-refractivity contribution is 9.09. The van der Waals surface area contributed by atoms with Crippen molar-refractivity contribution in [2.24, 2.45) is 7.05 Å². The van der Waals surface area contributed by atoms with Crippen molar-refractivity contribution in [3.63, 3.8) is 0 Å². The summed E-state index contributed by atoms with van der Waals surface area (Å²) in [7, 11) is 1.71. The molecule has 0 fully saturated rings. The normalized spacial score (nSPS) is 11.1. The van der Waals surface area contributed by atoms with Crippen molar-refractivity contribution in [1.29, 1.82) is 0 Å². The van der Waals surface area contributed by atoms with Gasteiger partial charge in [0, 0.05) is 12.4 Å². The minimum Gasteiger partial charge on any atom is -0.408 e. The Bertz CT molecular complexity index is 527. The van der Waals surface area contributed by atoms with Crippen molar-refractivity contribution in [1.82, 2.24) is 4.57 Å². The van der Waals surface area contributed by atoms with Gasteiger partial charge >= 0.3 is 5.76 Å². The molecule has 0 saturated carbocycles. The summed E-state index contributed by atoms with van der Waals surface area (Å²) in [5.74, 6) is -0.303. The molecule has 1 heterocycles. The largest absolute Gasteiger partial charge is 0.419 e. The predicted octanol–water partition coefficient (Wildman–Crippen LogP) is 2.46. The molecular weight excluding hydrogens is 258 g/mol. The number of aromatic nitrogens is 1. The minimum atomic E-state index is -0.303. The number of alkyl halides is 1. The van der Waals surface area contributed by atoms with Crippen LogP contribution < -0.4 is 5.76 Å². The van der Waals surface area contributed by atoms with Crippen LogP contribution in [0.25, 0.3) is 11.1 Å². The van der Waals surface area contributed by atoms with Gasteiger partial charge in [-0.15, -0.1) is 0 Å². The summed E-state index contributed by atoms with van der Waals surface area (Å²) >= 11 is 3.39. The van der Waals surface area contributed by atoms with Crippen LogP contribution in [0.15, 0.2) is 27.4 Å². The number of oxazole rings is 1. The Morgan fingerprint density at radius 3 is 3.00 bits per heavy atom. The molecule has 80 valence electrons. The fourth-order valence-electron chi connectivity index (χ4n) is 1.60. The molecule has 1 aromatic heterocycles. The van der Waals surface area contributed by atoms with Crippen LogP contribution in [-0.2, 0) is 13.5 Å². The molecule has 0 unspecified atom stereocenters. The molecule has 3 nitrogen and oxygen atoms in total. The van der Waals surface area contributed by atoms with Crippen LogP contribution in [0.3, 0.4) is 0 Å². The van der Waals surface area contributed by atoms with Crippen molar-refractivity contribution < 1.29 is 4.42 Å². The second-order valence-corrected chi connectivity index (χ2v) is 4.31. The van der Waals surface area contributed by atoms with Crippen LogP contribution in [0.4, 0.5) is 0 Å². The monoisotopic (exact) mass is 269 g/mol. The van der Waals surface area contributed by atoms with Gasteiger partial charge in [-0.2, -0.15) is 0 Å². The first-order valence-corrected chi connectivity index (χ1v) is 5.99. The molecule has 15 heavy (non-hydrogen) atoms. The Balaban J connectivity index is 2.43. The van der Waals surface area contributed by atoms with Crippen molar-refractivity contribution >= 4 is 27.0 Å². The number of aryl methyl sites for hydroxylation is 2. The second kappa shape index (κ2) is 4.23. The Labute approximate surface area is 95.8 Å². The molecule has 0 atom stereocenters. The number of fused-ring (bicyclic) bond motifs is 1. The number of halogens is 1. The average molecular weight is 270 g/mol. The van der Waals surface area contributed by atoms with E-state index in [4.69, 9.17) is 4.42 Å². The van der Waals surface area contributed by atoms with Gasteiger partial charge in [-0.25, -0.2) is 4.79 Å². The summed E-state index contributed by atoms with van der Waals surface area (Å²) in [6, 6.07) is 5.92. The molecule has 1 aromatic carbocycles. The van der Waals surface area contributed by atoms with Gasteiger partial charge in [0.2, 0.25) is 0 Å².